The average Bonchev–Trinajstić information content (AvgIpc) is 3.22. The van der Waals surface area contributed by atoms with Gasteiger partial charge in [-0.05, 0) is 60.6 Å². The van der Waals surface area contributed by atoms with E-state index in [9.17, 15) is 23.2 Å². The molecule has 1 atom stereocenters. The molecule has 2 aliphatic heterocycles. The van der Waals surface area contributed by atoms with Crippen LogP contribution in [0.2, 0.25) is 0 Å². The predicted octanol–water partition coefficient (Wildman–Crippen LogP) is 4.68. The second kappa shape index (κ2) is 9.10. The number of anilines is 1. The molecule has 0 spiro atoms. The minimum atomic E-state index is -4.38. The van der Waals surface area contributed by atoms with Gasteiger partial charge in [0.15, 0.2) is 0 Å². The van der Waals surface area contributed by atoms with E-state index in [1.807, 2.05) is 0 Å². The summed E-state index contributed by atoms with van der Waals surface area (Å²) in [5.41, 5.74) is 1.51. The number of hydrogen-bond acceptors (Lipinski definition) is 5. The van der Waals surface area contributed by atoms with E-state index in [-0.39, 0.29) is 18.2 Å². The highest BCUT2D eigenvalue weighted by Gasteiger charge is 2.33. The maximum absolute atomic E-state index is 12.8. The van der Waals surface area contributed by atoms with E-state index in [0.717, 1.165) is 49.3 Å². The Balaban J connectivity index is 1.29. The minimum absolute atomic E-state index is 0.133. The van der Waals surface area contributed by atoms with Gasteiger partial charge in [-0.3, -0.25) is 4.57 Å². The van der Waals surface area contributed by atoms with Crippen LogP contribution in [-0.4, -0.2) is 22.1 Å². The van der Waals surface area contributed by atoms with E-state index in [0.29, 0.717) is 35.7 Å². The Morgan fingerprint density at radius 1 is 1.09 bits per heavy atom. The Morgan fingerprint density at radius 2 is 1.86 bits per heavy atom. The molecule has 1 aromatic heterocycles. The summed E-state index contributed by atoms with van der Waals surface area (Å²) in [5, 5.41) is 9.61. The van der Waals surface area contributed by atoms with Gasteiger partial charge in [-0.25, -0.2) is 4.79 Å². The fraction of sp³-hybridized carbons (Fsp3) is 0.346. The summed E-state index contributed by atoms with van der Waals surface area (Å²) < 4.78 is 45.9. The Hall–Kier alpha value is -3.80. The van der Waals surface area contributed by atoms with Crippen LogP contribution < -0.4 is 15.3 Å². The topological polar surface area (TPSA) is 71.1 Å². The van der Waals surface area contributed by atoms with Gasteiger partial charge in [-0.1, -0.05) is 24.3 Å². The van der Waals surface area contributed by atoms with Crippen molar-refractivity contribution in [1.29, 1.82) is 5.26 Å². The monoisotopic (exact) mass is 480 g/mol. The lowest BCUT2D eigenvalue weighted by molar-refractivity contribution is -0.137. The fourth-order valence-corrected chi connectivity index (χ4v) is 4.82. The quantitative estimate of drug-likeness (QED) is 0.531. The van der Waals surface area contributed by atoms with Crippen LogP contribution >= 0.6 is 0 Å². The van der Waals surface area contributed by atoms with Gasteiger partial charge >= 0.3 is 11.9 Å². The number of halogens is 3. The standard InChI is InChI=1S/C26H23F3N4O2/c27-26(28,29)21-8-5-17(6-9-21)11-19-7-4-18(12-20(19)14-30)16-35-23-13-24-32-10-2-1-3-22(32)15-33(24)25(34)31-23/h4-9,12-13,22H,1-3,10-11,15-16H2. The van der Waals surface area contributed by atoms with Gasteiger partial charge in [0.05, 0.1) is 17.2 Å². The van der Waals surface area contributed by atoms with Gasteiger partial charge in [0.2, 0.25) is 5.88 Å². The first-order chi connectivity index (χ1) is 16.8. The molecule has 2 aromatic carbocycles. The van der Waals surface area contributed by atoms with Crippen molar-refractivity contribution in [2.75, 3.05) is 11.4 Å². The highest BCUT2D eigenvalue weighted by Crippen LogP contribution is 2.32. The molecule has 0 amide bonds. The molecule has 180 valence electrons. The zero-order chi connectivity index (χ0) is 24.6. The van der Waals surface area contributed by atoms with Crippen molar-refractivity contribution >= 4 is 5.82 Å². The second-order valence-electron chi connectivity index (χ2n) is 8.95. The molecule has 1 unspecified atom stereocenters. The van der Waals surface area contributed by atoms with Crippen molar-refractivity contribution in [3.05, 3.63) is 86.8 Å². The molecule has 2 aliphatic rings. The third-order valence-corrected chi connectivity index (χ3v) is 6.64. The Bertz CT molecular complexity index is 1340. The lowest BCUT2D eigenvalue weighted by atomic mass is 9.98. The molecule has 0 aliphatic carbocycles. The molecule has 3 aromatic rings. The zero-order valence-corrected chi connectivity index (χ0v) is 18.9. The van der Waals surface area contributed by atoms with E-state index >= 15 is 0 Å². The van der Waals surface area contributed by atoms with Gasteiger partial charge < -0.3 is 9.64 Å². The number of ether oxygens (including phenoxy) is 1. The summed E-state index contributed by atoms with van der Waals surface area (Å²) in [6.45, 7) is 1.71. The molecule has 0 radical (unpaired) electrons. The summed E-state index contributed by atoms with van der Waals surface area (Å²) in [4.78, 5) is 18.8. The molecule has 5 rings (SSSR count). The first-order valence-corrected chi connectivity index (χ1v) is 11.5. The van der Waals surface area contributed by atoms with E-state index in [4.69, 9.17) is 4.74 Å². The number of alkyl halides is 3. The van der Waals surface area contributed by atoms with Crippen molar-refractivity contribution in [3.63, 3.8) is 0 Å². The summed E-state index contributed by atoms with van der Waals surface area (Å²) in [5.74, 6) is 1.09. The number of benzene rings is 2. The first-order valence-electron chi connectivity index (χ1n) is 11.5. The largest absolute Gasteiger partial charge is 0.473 e. The maximum atomic E-state index is 12.8. The van der Waals surface area contributed by atoms with Crippen LogP contribution in [0.4, 0.5) is 19.0 Å². The van der Waals surface area contributed by atoms with Gasteiger partial charge in [0.1, 0.15) is 12.4 Å². The van der Waals surface area contributed by atoms with Crippen molar-refractivity contribution in [3.8, 4) is 11.9 Å². The number of nitrogens with zero attached hydrogens (tertiary/aromatic N) is 4. The van der Waals surface area contributed by atoms with Crippen LogP contribution in [-0.2, 0) is 25.7 Å². The summed E-state index contributed by atoms with van der Waals surface area (Å²) in [6.07, 6.45) is -0.724. The van der Waals surface area contributed by atoms with Gasteiger partial charge in [-0.15, -0.1) is 0 Å². The molecule has 0 saturated carbocycles. The zero-order valence-electron chi connectivity index (χ0n) is 18.9. The molecular weight excluding hydrogens is 457 g/mol. The summed E-state index contributed by atoms with van der Waals surface area (Å²) in [6, 6.07) is 14.5. The SMILES string of the molecule is N#Cc1cc(COc2cc3n(c(=O)n2)CC2CCCCN32)ccc1Cc1ccc(C(F)(F)F)cc1. The van der Waals surface area contributed by atoms with Crippen molar-refractivity contribution in [2.24, 2.45) is 0 Å². The van der Waals surface area contributed by atoms with Crippen molar-refractivity contribution < 1.29 is 17.9 Å². The van der Waals surface area contributed by atoms with Gasteiger partial charge in [-0.2, -0.15) is 23.4 Å². The molecule has 35 heavy (non-hydrogen) atoms. The summed E-state index contributed by atoms with van der Waals surface area (Å²) >= 11 is 0. The molecule has 0 N–H and O–H groups in total. The number of piperidine rings is 1. The average molecular weight is 480 g/mol. The smallest absolute Gasteiger partial charge is 0.416 e. The third kappa shape index (κ3) is 4.74. The van der Waals surface area contributed by atoms with Crippen molar-refractivity contribution in [1.82, 2.24) is 9.55 Å². The Kier molecular flexibility index (Phi) is 5.97. The molecule has 6 nitrogen and oxygen atoms in total. The van der Waals surface area contributed by atoms with Crippen LogP contribution in [0, 0.1) is 11.3 Å². The number of aromatic nitrogens is 2. The van der Waals surface area contributed by atoms with Crippen LogP contribution in [0.25, 0.3) is 0 Å². The summed E-state index contributed by atoms with van der Waals surface area (Å²) in [7, 11) is 0. The minimum Gasteiger partial charge on any atom is -0.473 e. The van der Waals surface area contributed by atoms with E-state index in [2.05, 4.69) is 16.0 Å². The van der Waals surface area contributed by atoms with Crippen LogP contribution in [0.1, 0.15) is 47.1 Å². The molecule has 1 saturated heterocycles. The van der Waals surface area contributed by atoms with Gasteiger partial charge in [0, 0.05) is 25.2 Å². The van der Waals surface area contributed by atoms with Crippen LogP contribution in [0.15, 0.2) is 53.3 Å². The van der Waals surface area contributed by atoms with E-state index in [1.54, 1.807) is 28.8 Å². The van der Waals surface area contributed by atoms with Gasteiger partial charge in [0.25, 0.3) is 0 Å². The second-order valence-corrected chi connectivity index (χ2v) is 8.95. The highest BCUT2D eigenvalue weighted by molar-refractivity contribution is 5.47. The lowest BCUT2D eigenvalue weighted by Gasteiger charge is -2.30. The molecule has 1 fully saturated rings. The number of fused-ring (bicyclic) bond motifs is 3. The molecule has 3 heterocycles. The number of nitriles is 1. The Morgan fingerprint density at radius 3 is 2.60 bits per heavy atom. The number of rotatable bonds is 5. The number of hydrogen-bond donors (Lipinski definition) is 0. The fourth-order valence-electron chi connectivity index (χ4n) is 4.82. The maximum Gasteiger partial charge on any atom is 0.416 e. The Labute approximate surface area is 200 Å². The van der Waals surface area contributed by atoms with E-state index in [1.165, 1.54) is 12.1 Å². The van der Waals surface area contributed by atoms with Crippen LogP contribution in [0.5, 0.6) is 5.88 Å². The van der Waals surface area contributed by atoms with E-state index < -0.39 is 11.7 Å². The van der Waals surface area contributed by atoms with Crippen molar-refractivity contribution in [2.45, 2.75) is 51.1 Å². The molecule has 0 bridgehead atoms. The lowest BCUT2D eigenvalue weighted by Crippen LogP contribution is -2.36. The molecule has 9 heteroatoms. The highest BCUT2D eigenvalue weighted by atomic mass is 19.4. The third-order valence-electron chi connectivity index (χ3n) is 6.64. The first kappa shape index (κ1) is 23.0. The van der Waals surface area contributed by atoms with Crippen LogP contribution in [0.3, 0.4) is 0 Å². The normalized spacial score (nSPS) is 17.0. The predicted molar refractivity (Wildman–Crippen MR) is 123 cm³/mol. The molecular formula is C26H23F3N4O2.